The lowest BCUT2D eigenvalue weighted by Crippen LogP contribution is -2.27. The van der Waals surface area contributed by atoms with Gasteiger partial charge in [-0.15, -0.1) is 33.3 Å². The first-order valence-electron chi connectivity index (χ1n) is 10.3. The number of amides is 1. The van der Waals surface area contributed by atoms with Crippen molar-refractivity contribution in [3.63, 3.8) is 0 Å². The van der Waals surface area contributed by atoms with E-state index in [2.05, 4.69) is 58.1 Å². The molecule has 1 N–H and O–H groups in total. The molecule has 0 aliphatic carbocycles. The number of nitrogens with one attached hydrogen (secondary N) is 1. The molecule has 2 aromatic carbocycles. The predicted molar refractivity (Wildman–Crippen MR) is 134 cm³/mol. The van der Waals surface area contributed by atoms with E-state index in [1.807, 2.05) is 41.0 Å². The van der Waals surface area contributed by atoms with E-state index in [4.69, 9.17) is 0 Å². The van der Waals surface area contributed by atoms with Crippen LogP contribution in [0.25, 0.3) is 5.69 Å². The quantitative estimate of drug-likeness (QED) is 0.249. The zero-order valence-electron chi connectivity index (χ0n) is 17.7. The Morgan fingerprint density at radius 2 is 1.81 bits per heavy atom. The van der Waals surface area contributed by atoms with Crippen molar-refractivity contribution < 1.29 is 4.79 Å². The van der Waals surface area contributed by atoms with Crippen molar-refractivity contribution in [3.8, 4) is 5.69 Å². The van der Waals surface area contributed by atoms with Gasteiger partial charge in [-0.2, -0.15) is 0 Å². The monoisotopic (exact) mass is 480 g/mol. The third-order valence-electron chi connectivity index (χ3n) is 4.67. The van der Waals surface area contributed by atoms with Crippen molar-refractivity contribution in [2.24, 2.45) is 0 Å². The number of thiophene rings is 1. The summed E-state index contributed by atoms with van der Waals surface area (Å²) < 4.78 is 2.05. The van der Waals surface area contributed by atoms with Crippen LogP contribution >= 0.6 is 34.9 Å². The molecule has 1 amide bonds. The third-order valence-corrected chi connectivity index (χ3v) is 7.49. The average Bonchev–Trinajstić information content (AvgIpc) is 3.47. The van der Waals surface area contributed by atoms with E-state index >= 15 is 0 Å². The first-order valence-corrected chi connectivity index (χ1v) is 13.2. The summed E-state index contributed by atoms with van der Waals surface area (Å²) in [6.45, 7) is 2.71. The van der Waals surface area contributed by atoms with Gasteiger partial charge in [0, 0.05) is 34.2 Å². The van der Waals surface area contributed by atoms with Crippen LogP contribution in [0.5, 0.6) is 0 Å². The number of para-hydroxylation sites is 1. The summed E-state index contributed by atoms with van der Waals surface area (Å²) in [4.78, 5) is 14.8. The normalized spacial score (nSPS) is 10.9. The molecule has 2 aromatic heterocycles. The zero-order chi connectivity index (χ0) is 22.2. The lowest BCUT2D eigenvalue weighted by molar-refractivity contribution is -0.118. The second-order valence-electron chi connectivity index (χ2n) is 7.13. The van der Waals surface area contributed by atoms with Crippen molar-refractivity contribution in [2.75, 3.05) is 18.1 Å². The summed E-state index contributed by atoms with van der Waals surface area (Å²) in [5.41, 5.74) is 2.25. The van der Waals surface area contributed by atoms with Gasteiger partial charge in [-0.1, -0.05) is 53.7 Å². The highest BCUT2D eigenvalue weighted by Gasteiger charge is 2.16. The van der Waals surface area contributed by atoms with E-state index in [0.29, 0.717) is 18.7 Å². The van der Waals surface area contributed by atoms with Crippen LogP contribution in [0, 0.1) is 6.92 Å². The number of thioether (sulfide) groups is 2. The molecule has 2 heterocycles. The number of nitrogens with zero attached hydrogens (tertiary/aromatic N) is 3. The van der Waals surface area contributed by atoms with Crippen molar-refractivity contribution in [2.45, 2.75) is 23.4 Å². The molecule has 0 spiro atoms. The van der Waals surface area contributed by atoms with E-state index in [1.165, 1.54) is 27.1 Å². The fraction of sp³-hybridized carbons (Fsp3) is 0.208. The number of benzene rings is 2. The van der Waals surface area contributed by atoms with Crippen LogP contribution in [0.4, 0.5) is 0 Å². The van der Waals surface area contributed by atoms with Gasteiger partial charge in [-0.3, -0.25) is 9.36 Å². The van der Waals surface area contributed by atoms with Gasteiger partial charge in [-0.25, -0.2) is 0 Å². The van der Waals surface area contributed by atoms with Crippen molar-refractivity contribution in [3.05, 3.63) is 88.4 Å². The Morgan fingerprint density at radius 3 is 2.56 bits per heavy atom. The van der Waals surface area contributed by atoms with Gasteiger partial charge in [-0.05, 0) is 42.6 Å². The number of hydrogen-bond acceptors (Lipinski definition) is 6. The lowest BCUT2D eigenvalue weighted by atomic mass is 10.2. The number of carbonyl (C=O) groups excluding carboxylic acids is 1. The Labute approximate surface area is 200 Å². The summed E-state index contributed by atoms with van der Waals surface area (Å²) in [5.74, 6) is 2.02. The number of aromatic nitrogens is 3. The van der Waals surface area contributed by atoms with Crippen molar-refractivity contribution in [1.29, 1.82) is 0 Å². The number of hydrogen-bond donors (Lipinski definition) is 1. The number of carbonyl (C=O) groups is 1. The van der Waals surface area contributed by atoms with E-state index in [1.54, 1.807) is 23.1 Å². The second kappa shape index (κ2) is 11.4. The van der Waals surface area contributed by atoms with Gasteiger partial charge in [0.15, 0.2) is 5.16 Å². The molecular weight excluding hydrogens is 456 g/mol. The highest BCUT2D eigenvalue weighted by atomic mass is 32.2. The molecular formula is C24H24N4OS3. The Bertz CT molecular complexity index is 1130. The molecule has 0 saturated carbocycles. The zero-order valence-corrected chi connectivity index (χ0v) is 20.2. The van der Waals surface area contributed by atoms with E-state index in [0.717, 1.165) is 22.4 Å². The Hall–Kier alpha value is -2.55. The first-order chi connectivity index (χ1) is 15.7. The number of aryl methyl sites for hydroxylation is 1. The fourth-order valence-corrected chi connectivity index (χ4v) is 5.36. The molecule has 4 aromatic rings. The van der Waals surface area contributed by atoms with Gasteiger partial charge in [0.1, 0.15) is 5.82 Å². The molecule has 8 heteroatoms. The average molecular weight is 481 g/mol. The van der Waals surface area contributed by atoms with Crippen LogP contribution in [0.15, 0.2) is 82.2 Å². The minimum atomic E-state index is 0.00178. The highest BCUT2D eigenvalue weighted by Crippen LogP contribution is 2.24. The van der Waals surface area contributed by atoms with Crippen LogP contribution in [-0.4, -0.2) is 38.7 Å². The number of rotatable bonds is 10. The second-order valence-corrected chi connectivity index (χ2v) is 10.3. The van der Waals surface area contributed by atoms with Crippen LogP contribution in [0.3, 0.4) is 0 Å². The van der Waals surface area contributed by atoms with Crippen LogP contribution in [-0.2, 0) is 11.2 Å². The highest BCUT2D eigenvalue weighted by molar-refractivity contribution is 7.99. The van der Waals surface area contributed by atoms with Crippen molar-refractivity contribution >= 4 is 40.8 Å². The third kappa shape index (κ3) is 6.25. The van der Waals surface area contributed by atoms with E-state index in [-0.39, 0.29) is 5.91 Å². The lowest BCUT2D eigenvalue weighted by Gasteiger charge is -2.10. The van der Waals surface area contributed by atoms with E-state index < -0.39 is 0 Å². The standard InChI is InChI=1S/C24H24N4OS3/c1-18-9-11-20(12-10-18)31-15-13-25-23(29)17-32-24-27-26-22(16-21-8-5-14-30-21)28(24)19-6-3-2-4-7-19/h2-12,14H,13,15-17H2,1H3,(H,25,29). The predicted octanol–water partition coefficient (Wildman–Crippen LogP) is 5.23. The minimum absolute atomic E-state index is 0.00178. The Morgan fingerprint density at radius 1 is 1.00 bits per heavy atom. The molecule has 5 nitrogen and oxygen atoms in total. The molecule has 164 valence electrons. The Kier molecular flexibility index (Phi) is 8.03. The van der Waals surface area contributed by atoms with Gasteiger partial charge >= 0.3 is 0 Å². The topological polar surface area (TPSA) is 59.8 Å². The van der Waals surface area contributed by atoms with Crippen LogP contribution in [0.1, 0.15) is 16.3 Å². The fourth-order valence-electron chi connectivity index (χ4n) is 3.09. The Balaban J connectivity index is 1.33. The molecule has 0 radical (unpaired) electrons. The molecule has 0 saturated heterocycles. The summed E-state index contributed by atoms with van der Waals surface area (Å²) in [6.07, 6.45) is 0.711. The molecule has 0 aliphatic heterocycles. The SMILES string of the molecule is Cc1ccc(SCCNC(=O)CSc2nnc(Cc3cccs3)n2-c2ccccc2)cc1. The van der Waals surface area contributed by atoms with Crippen LogP contribution < -0.4 is 5.32 Å². The van der Waals surface area contributed by atoms with Gasteiger partial charge < -0.3 is 5.32 Å². The summed E-state index contributed by atoms with van der Waals surface area (Å²) in [7, 11) is 0. The van der Waals surface area contributed by atoms with Crippen molar-refractivity contribution in [1.82, 2.24) is 20.1 Å². The molecule has 0 atom stereocenters. The largest absolute Gasteiger partial charge is 0.355 e. The van der Waals surface area contributed by atoms with Gasteiger partial charge in [0.25, 0.3) is 0 Å². The summed E-state index contributed by atoms with van der Waals surface area (Å²) in [5, 5.41) is 14.6. The first kappa shape index (κ1) is 22.6. The molecule has 0 aliphatic rings. The molecule has 0 unspecified atom stereocenters. The maximum atomic E-state index is 12.4. The molecule has 32 heavy (non-hydrogen) atoms. The minimum Gasteiger partial charge on any atom is -0.355 e. The maximum absolute atomic E-state index is 12.4. The molecule has 0 fully saturated rings. The molecule has 4 rings (SSSR count). The van der Waals surface area contributed by atoms with Gasteiger partial charge in [0.05, 0.1) is 5.75 Å². The van der Waals surface area contributed by atoms with E-state index in [9.17, 15) is 4.79 Å². The maximum Gasteiger partial charge on any atom is 0.230 e. The summed E-state index contributed by atoms with van der Waals surface area (Å²) >= 11 is 4.86. The van der Waals surface area contributed by atoms with Crippen LogP contribution in [0.2, 0.25) is 0 Å². The van der Waals surface area contributed by atoms with Gasteiger partial charge in [0.2, 0.25) is 5.91 Å². The summed E-state index contributed by atoms with van der Waals surface area (Å²) in [6, 6.07) is 22.6. The molecule has 0 bridgehead atoms. The smallest absolute Gasteiger partial charge is 0.230 e.